The quantitative estimate of drug-likeness (QED) is 0.349. The van der Waals surface area contributed by atoms with Gasteiger partial charge < -0.3 is 14.3 Å². The molecule has 0 radical (unpaired) electrons. The summed E-state index contributed by atoms with van der Waals surface area (Å²) in [7, 11) is 1.77. The van der Waals surface area contributed by atoms with Crippen LogP contribution < -0.4 is 5.32 Å². The van der Waals surface area contributed by atoms with Crippen LogP contribution in [-0.4, -0.2) is 43.1 Å². The maximum atomic E-state index is 13.5. The van der Waals surface area contributed by atoms with Gasteiger partial charge in [-0.2, -0.15) is 5.10 Å². The van der Waals surface area contributed by atoms with Gasteiger partial charge in [0.2, 0.25) is 0 Å². The lowest BCUT2D eigenvalue weighted by Gasteiger charge is -2.21. The van der Waals surface area contributed by atoms with Gasteiger partial charge in [0.1, 0.15) is 5.82 Å². The smallest absolute Gasteiger partial charge is 0.287 e. The molecule has 1 aliphatic heterocycles. The van der Waals surface area contributed by atoms with Gasteiger partial charge in [0.25, 0.3) is 11.8 Å². The van der Waals surface area contributed by atoms with Gasteiger partial charge in [0.15, 0.2) is 16.7 Å². The van der Waals surface area contributed by atoms with Crippen molar-refractivity contribution in [1.29, 1.82) is 0 Å². The standard InChI is InChI=1S/C24H21FN6O3S2/c1-30-21(13-26-23(33)19-4-2-10-34-19)27-28-24(30)36-14-22(32)31-18(15-6-8-16(25)9-7-15)12-17(29-31)20-5-3-11-35-20/h2-11,18H,12-14H2,1H3,(H,26,33)/t18-/m1/s1. The van der Waals surface area contributed by atoms with Crippen LogP contribution in [0.15, 0.2) is 74.8 Å². The van der Waals surface area contributed by atoms with Crippen molar-refractivity contribution >= 4 is 40.6 Å². The number of carbonyl (C=O) groups excluding carboxylic acids is 2. The average Bonchev–Trinajstić information content (AvgIpc) is 3.69. The molecule has 9 nitrogen and oxygen atoms in total. The minimum atomic E-state index is -0.354. The summed E-state index contributed by atoms with van der Waals surface area (Å²) in [6.45, 7) is 0.158. The van der Waals surface area contributed by atoms with E-state index in [1.165, 1.54) is 35.2 Å². The Hall–Kier alpha value is -3.77. The summed E-state index contributed by atoms with van der Waals surface area (Å²) in [5.41, 5.74) is 1.64. The van der Waals surface area contributed by atoms with Gasteiger partial charge in [-0.15, -0.1) is 21.5 Å². The van der Waals surface area contributed by atoms with E-state index in [9.17, 15) is 14.0 Å². The number of rotatable bonds is 8. The maximum Gasteiger partial charge on any atom is 0.287 e. The Morgan fingerprint density at radius 3 is 2.75 bits per heavy atom. The first-order chi connectivity index (χ1) is 17.5. The topological polar surface area (TPSA) is 106 Å². The molecule has 3 aromatic heterocycles. The zero-order valence-corrected chi connectivity index (χ0v) is 20.8. The average molecular weight is 525 g/mol. The third-order valence-corrected chi connectivity index (χ3v) is 7.55. The zero-order chi connectivity index (χ0) is 25.1. The molecule has 1 aromatic carbocycles. The van der Waals surface area contributed by atoms with Crippen molar-refractivity contribution in [2.75, 3.05) is 5.75 Å². The fourth-order valence-electron chi connectivity index (χ4n) is 3.75. The van der Waals surface area contributed by atoms with Crippen molar-refractivity contribution in [2.45, 2.75) is 24.2 Å². The third kappa shape index (κ3) is 5.09. The van der Waals surface area contributed by atoms with Crippen LogP contribution in [0, 0.1) is 5.82 Å². The van der Waals surface area contributed by atoms with Gasteiger partial charge in [-0.05, 0) is 41.3 Å². The lowest BCUT2D eigenvalue weighted by molar-refractivity contribution is -0.130. The predicted molar refractivity (Wildman–Crippen MR) is 133 cm³/mol. The normalized spacial score (nSPS) is 15.2. The van der Waals surface area contributed by atoms with E-state index in [1.807, 2.05) is 17.5 Å². The minimum Gasteiger partial charge on any atom is -0.459 e. The van der Waals surface area contributed by atoms with Crippen molar-refractivity contribution in [3.63, 3.8) is 0 Å². The molecule has 5 rings (SSSR count). The molecule has 0 spiro atoms. The summed E-state index contributed by atoms with van der Waals surface area (Å²) >= 11 is 2.80. The van der Waals surface area contributed by atoms with Gasteiger partial charge in [-0.3, -0.25) is 9.59 Å². The SMILES string of the molecule is Cn1c(CNC(=O)c2ccco2)nnc1SCC(=O)N1N=C(c2cccs2)C[C@@H]1c1ccc(F)cc1. The minimum absolute atomic E-state index is 0.0869. The maximum absolute atomic E-state index is 13.5. The zero-order valence-electron chi connectivity index (χ0n) is 19.1. The fourth-order valence-corrected chi connectivity index (χ4v) is 5.25. The Morgan fingerprint density at radius 2 is 2.03 bits per heavy atom. The van der Waals surface area contributed by atoms with Gasteiger partial charge in [0.05, 0.1) is 35.2 Å². The van der Waals surface area contributed by atoms with Crippen LogP contribution in [0.25, 0.3) is 0 Å². The molecule has 2 amide bonds. The molecule has 0 fully saturated rings. The van der Waals surface area contributed by atoms with Gasteiger partial charge in [0, 0.05) is 13.5 Å². The Morgan fingerprint density at radius 1 is 1.19 bits per heavy atom. The summed E-state index contributed by atoms with van der Waals surface area (Å²) in [5.74, 6) is -0.0505. The highest BCUT2D eigenvalue weighted by molar-refractivity contribution is 7.99. The van der Waals surface area contributed by atoms with E-state index in [1.54, 1.807) is 47.2 Å². The molecule has 184 valence electrons. The van der Waals surface area contributed by atoms with E-state index < -0.39 is 0 Å². The molecule has 0 aliphatic carbocycles. The Balaban J connectivity index is 1.26. The number of halogens is 1. The molecule has 4 heterocycles. The molecule has 1 atom stereocenters. The van der Waals surface area contributed by atoms with Crippen molar-refractivity contribution in [2.24, 2.45) is 12.1 Å². The van der Waals surface area contributed by atoms with E-state index >= 15 is 0 Å². The van der Waals surface area contributed by atoms with Gasteiger partial charge in [-0.25, -0.2) is 9.40 Å². The van der Waals surface area contributed by atoms with Gasteiger partial charge in [-0.1, -0.05) is 30.0 Å². The number of benzene rings is 1. The summed E-state index contributed by atoms with van der Waals surface area (Å²) in [6.07, 6.45) is 1.98. The molecule has 0 unspecified atom stereocenters. The van der Waals surface area contributed by atoms with Crippen molar-refractivity contribution < 1.29 is 18.4 Å². The van der Waals surface area contributed by atoms with Crippen molar-refractivity contribution in [3.8, 4) is 0 Å². The number of hydrogen-bond donors (Lipinski definition) is 1. The first-order valence-electron chi connectivity index (χ1n) is 11.0. The Labute approximate surface area is 214 Å². The lowest BCUT2D eigenvalue weighted by atomic mass is 10.0. The number of thiophene rings is 1. The number of carbonyl (C=O) groups is 2. The number of thioether (sulfide) groups is 1. The van der Waals surface area contributed by atoms with E-state index in [4.69, 9.17) is 4.42 Å². The molecule has 1 aliphatic rings. The number of nitrogens with zero attached hydrogens (tertiary/aromatic N) is 5. The molecule has 0 saturated carbocycles. The highest BCUT2D eigenvalue weighted by Gasteiger charge is 2.33. The molecule has 1 N–H and O–H groups in total. The molecular formula is C24H21FN6O3S2. The summed E-state index contributed by atoms with van der Waals surface area (Å²) < 4.78 is 20.3. The summed E-state index contributed by atoms with van der Waals surface area (Å²) in [5, 5.41) is 19.6. The number of hydrazone groups is 1. The van der Waals surface area contributed by atoms with E-state index in [0.29, 0.717) is 17.4 Å². The van der Waals surface area contributed by atoms with E-state index in [2.05, 4.69) is 20.6 Å². The first-order valence-corrected chi connectivity index (χ1v) is 12.9. The number of furan rings is 1. The van der Waals surface area contributed by atoms with E-state index in [0.717, 1.165) is 16.2 Å². The Kier molecular flexibility index (Phi) is 6.96. The number of aromatic nitrogens is 3. The van der Waals surface area contributed by atoms with Crippen LogP contribution in [-0.2, 0) is 18.4 Å². The second kappa shape index (κ2) is 10.5. The third-order valence-electron chi connectivity index (χ3n) is 5.63. The predicted octanol–water partition coefficient (Wildman–Crippen LogP) is 4.01. The van der Waals surface area contributed by atoms with Crippen LogP contribution in [0.5, 0.6) is 0 Å². The second-order valence-electron chi connectivity index (χ2n) is 7.94. The highest BCUT2D eigenvalue weighted by Crippen LogP contribution is 2.34. The van der Waals surface area contributed by atoms with Crippen LogP contribution in [0.3, 0.4) is 0 Å². The second-order valence-corrected chi connectivity index (χ2v) is 9.83. The Bertz CT molecular complexity index is 1380. The van der Waals surface area contributed by atoms with Crippen molar-refractivity contribution in [3.05, 3.63) is 88.0 Å². The fraction of sp³-hybridized carbons (Fsp3) is 0.208. The summed E-state index contributed by atoms with van der Waals surface area (Å²) in [4.78, 5) is 26.3. The van der Waals surface area contributed by atoms with Crippen molar-refractivity contribution in [1.82, 2.24) is 25.1 Å². The molecule has 12 heteroatoms. The first kappa shape index (κ1) is 23.9. The molecule has 36 heavy (non-hydrogen) atoms. The molecule has 0 saturated heterocycles. The number of hydrogen-bond acceptors (Lipinski definition) is 8. The number of nitrogens with one attached hydrogen (secondary N) is 1. The lowest BCUT2D eigenvalue weighted by Crippen LogP contribution is -2.28. The summed E-state index contributed by atoms with van der Waals surface area (Å²) in [6, 6.07) is 13.0. The molecular weight excluding hydrogens is 503 g/mol. The largest absolute Gasteiger partial charge is 0.459 e. The monoisotopic (exact) mass is 524 g/mol. The molecule has 4 aromatic rings. The van der Waals surface area contributed by atoms with Crippen LogP contribution in [0.2, 0.25) is 0 Å². The van der Waals surface area contributed by atoms with Crippen LogP contribution in [0.1, 0.15) is 39.3 Å². The number of amides is 2. The highest BCUT2D eigenvalue weighted by atomic mass is 32.2. The van der Waals surface area contributed by atoms with Crippen LogP contribution in [0.4, 0.5) is 4.39 Å². The van der Waals surface area contributed by atoms with Crippen LogP contribution >= 0.6 is 23.1 Å². The molecule has 0 bridgehead atoms. The van der Waals surface area contributed by atoms with Gasteiger partial charge >= 0.3 is 0 Å². The van der Waals surface area contributed by atoms with E-state index in [-0.39, 0.29) is 41.7 Å².